The largest absolute Gasteiger partial charge is 0.504 e. The van der Waals surface area contributed by atoms with Gasteiger partial charge >= 0.3 is 0 Å². The molecule has 3 nitrogen and oxygen atoms in total. The third kappa shape index (κ3) is 2.19. The van der Waals surface area contributed by atoms with Crippen molar-refractivity contribution in [2.75, 3.05) is 27.7 Å². The van der Waals surface area contributed by atoms with E-state index in [1.807, 2.05) is 32.3 Å². The highest BCUT2D eigenvalue weighted by atomic mass is 16.5. The number of phenols is 1. The Labute approximate surface area is 102 Å². The van der Waals surface area contributed by atoms with Crippen LogP contribution in [0.2, 0.25) is 0 Å². The van der Waals surface area contributed by atoms with E-state index in [4.69, 9.17) is 4.74 Å². The van der Waals surface area contributed by atoms with Crippen LogP contribution in [0.15, 0.2) is 24.3 Å². The molecular formula is C14H17NO2. The van der Waals surface area contributed by atoms with E-state index >= 15 is 0 Å². The summed E-state index contributed by atoms with van der Waals surface area (Å²) in [5.41, 5.74) is 2.95. The van der Waals surface area contributed by atoms with E-state index in [-0.39, 0.29) is 5.75 Å². The van der Waals surface area contributed by atoms with E-state index < -0.39 is 0 Å². The molecule has 0 aromatic heterocycles. The van der Waals surface area contributed by atoms with Crippen LogP contribution in [-0.2, 0) is 0 Å². The summed E-state index contributed by atoms with van der Waals surface area (Å²) >= 11 is 0. The van der Waals surface area contributed by atoms with Crippen LogP contribution in [0.4, 0.5) is 0 Å². The molecule has 1 aliphatic rings. The molecule has 0 heterocycles. The minimum absolute atomic E-state index is 0.222. The SMILES string of the molecule is COc1ccc2c(c1O)/C(=C/CN(C)C)C=C2. The lowest BCUT2D eigenvalue weighted by Gasteiger charge is -2.10. The van der Waals surface area contributed by atoms with Gasteiger partial charge in [-0.3, -0.25) is 0 Å². The highest BCUT2D eigenvalue weighted by Gasteiger charge is 2.18. The summed E-state index contributed by atoms with van der Waals surface area (Å²) in [5, 5.41) is 10.1. The number of methoxy groups -OCH3 is 1. The van der Waals surface area contributed by atoms with Gasteiger partial charge in [-0.2, -0.15) is 0 Å². The summed E-state index contributed by atoms with van der Waals surface area (Å²) in [6.45, 7) is 0.843. The lowest BCUT2D eigenvalue weighted by atomic mass is 10.0. The molecule has 3 heteroatoms. The lowest BCUT2D eigenvalue weighted by Crippen LogP contribution is -2.10. The number of likely N-dealkylation sites (N-methyl/N-ethyl adjacent to an activating group) is 1. The Hall–Kier alpha value is -1.74. The maximum Gasteiger partial charge on any atom is 0.166 e. The molecule has 0 saturated carbocycles. The highest BCUT2D eigenvalue weighted by Crippen LogP contribution is 2.41. The van der Waals surface area contributed by atoms with E-state index in [0.29, 0.717) is 5.75 Å². The van der Waals surface area contributed by atoms with Crippen LogP contribution < -0.4 is 4.74 Å². The number of allylic oxidation sites excluding steroid dienone is 2. The molecule has 0 atom stereocenters. The van der Waals surface area contributed by atoms with Crippen molar-refractivity contribution in [3.8, 4) is 11.5 Å². The zero-order chi connectivity index (χ0) is 12.4. The van der Waals surface area contributed by atoms with Crippen molar-refractivity contribution < 1.29 is 9.84 Å². The molecule has 0 spiro atoms. The predicted octanol–water partition coefficient (Wildman–Crippen LogP) is 2.37. The fourth-order valence-corrected chi connectivity index (χ4v) is 1.91. The molecule has 0 saturated heterocycles. The Kier molecular flexibility index (Phi) is 3.20. The van der Waals surface area contributed by atoms with E-state index in [2.05, 4.69) is 11.0 Å². The van der Waals surface area contributed by atoms with Gasteiger partial charge < -0.3 is 14.7 Å². The molecular weight excluding hydrogens is 214 g/mol. The van der Waals surface area contributed by atoms with Crippen molar-refractivity contribution in [2.45, 2.75) is 0 Å². The number of nitrogens with zero attached hydrogens (tertiary/aromatic N) is 1. The fourth-order valence-electron chi connectivity index (χ4n) is 1.91. The van der Waals surface area contributed by atoms with E-state index in [1.165, 1.54) is 0 Å². The van der Waals surface area contributed by atoms with Crippen molar-refractivity contribution in [1.29, 1.82) is 0 Å². The van der Waals surface area contributed by atoms with Gasteiger partial charge in [0.15, 0.2) is 11.5 Å². The van der Waals surface area contributed by atoms with E-state index in [9.17, 15) is 5.11 Å². The van der Waals surface area contributed by atoms with Gasteiger partial charge in [0.05, 0.1) is 7.11 Å². The van der Waals surface area contributed by atoms with Gasteiger partial charge in [-0.1, -0.05) is 24.3 Å². The van der Waals surface area contributed by atoms with Gasteiger partial charge in [0.25, 0.3) is 0 Å². The molecule has 0 aliphatic heterocycles. The van der Waals surface area contributed by atoms with Gasteiger partial charge in [-0.25, -0.2) is 0 Å². The van der Waals surface area contributed by atoms with Gasteiger partial charge in [-0.15, -0.1) is 0 Å². The summed E-state index contributed by atoms with van der Waals surface area (Å²) in [6, 6.07) is 3.74. The van der Waals surface area contributed by atoms with E-state index in [0.717, 1.165) is 23.2 Å². The number of hydrogen-bond acceptors (Lipinski definition) is 3. The first kappa shape index (κ1) is 11.7. The highest BCUT2D eigenvalue weighted by molar-refractivity contribution is 5.93. The van der Waals surface area contributed by atoms with Gasteiger partial charge in [0.1, 0.15) is 0 Å². The second kappa shape index (κ2) is 4.63. The molecule has 1 aromatic rings. The van der Waals surface area contributed by atoms with Crippen molar-refractivity contribution in [2.24, 2.45) is 0 Å². The van der Waals surface area contributed by atoms with Crippen molar-refractivity contribution >= 4 is 11.6 Å². The molecule has 1 N–H and O–H groups in total. The molecule has 0 unspecified atom stereocenters. The quantitative estimate of drug-likeness (QED) is 0.867. The third-order valence-corrected chi connectivity index (χ3v) is 2.80. The zero-order valence-electron chi connectivity index (χ0n) is 10.4. The minimum Gasteiger partial charge on any atom is -0.504 e. The molecule has 0 radical (unpaired) electrons. The maximum atomic E-state index is 10.1. The average Bonchev–Trinajstić information content (AvgIpc) is 2.71. The third-order valence-electron chi connectivity index (χ3n) is 2.80. The first-order chi connectivity index (χ1) is 8.13. The van der Waals surface area contributed by atoms with Gasteiger partial charge in [0.2, 0.25) is 0 Å². The normalized spacial score (nSPS) is 15.6. The number of benzene rings is 1. The predicted molar refractivity (Wildman–Crippen MR) is 70.2 cm³/mol. The number of phenolic OH excluding ortho intramolecular Hbond substituents is 1. The lowest BCUT2D eigenvalue weighted by molar-refractivity contribution is 0.373. The van der Waals surface area contributed by atoms with Crippen molar-refractivity contribution in [3.63, 3.8) is 0 Å². The Morgan fingerprint density at radius 3 is 2.71 bits per heavy atom. The Morgan fingerprint density at radius 2 is 2.06 bits per heavy atom. The summed E-state index contributed by atoms with van der Waals surface area (Å²) < 4.78 is 5.13. The molecule has 90 valence electrons. The fraction of sp³-hybridized carbons (Fsp3) is 0.286. The second-order valence-electron chi connectivity index (χ2n) is 4.34. The number of rotatable bonds is 3. The minimum atomic E-state index is 0.222. The van der Waals surface area contributed by atoms with Crippen molar-refractivity contribution in [1.82, 2.24) is 4.90 Å². The molecule has 1 aliphatic carbocycles. The second-order valence-corrected chi connectivity index (χ2v) is 4.34. The summed E-state index contributed by atoms with van der Waals surface area (Å²) in [4.78, 5) is 2.08. The first-order valence-electron chi connectivity index (χ1n) is 5.56. The molecule has 17 heavy (non-hydrogen) atoms. The van der Waals surface area contributed by atoms with Crippen LogP contribution >= 0.6 is 0 Å². The Bertz CT molecular complexity index is 487. The van der Waals surface area contributed by atoms with Gasteiger partial charge in [-0.05, 0) is 31.3 Å². The molecule has 1 aromatic carbocycles. The monoisotopic (exact) mass is 231 g/mol. The molecule has 0 fully saturated rings. The van der Waals surface area contributed by atoms with E-state index in [1.54, 1.807) is 13.2 Å². The van der Waals surface area contributed by atoms with Crippen LogP contribution in [-0.4, -0.2) is 37.8 Å². The first-order valence-corrected chi connectivity index (χ1v) is 5.56. The number of ether oxygens (including phenoxy) is 1. The van der Waals surface area contributed by atoms with Crippen LogP contribution in [0.3, 0.4) is 0 Å². The van der Waals surface area contributed by atoms with Crippen LogP contribution in [0.5, 0.6) is 11.5 Å². The van der Waals surface area contributed by atoms with Crippen LogP contribution in [0.25, 0.3) is 11.6 Å². The Morgan fingerprint density at radius 1 is 1.29 bits per heavy atom. The molecule has 0 bridgehead atoms. The van der Waals surface area contributed by atoms with Crippen LogP contribution in [0.1, 0.15) is 11.1 Å². The average molecular weight is 231 g/mol. The number of aromatic hydroxyl groups is 1. The standard InChI is InChI=1S/C14H17NO2/c1-15(2)9-8-11-5-4-10-6-7-12(17-3)14(16)13(10)11/h4-8,16H,9H2,1-3H3/b11-8+. The Balaban J connectivity index is 2.42. The summed E-state index contributed by atoms with van der Waals surface area (Å²) in [6.07, 6.45) is 6.13. The molecule has 2 rings (SSSR count). The van der Waals surface area contributed by atoms with Gasteiger partial charge in [0, 0.05) is 12.1 Å². The summed E-state index contributed by atoms with van der Waals surface area (Å²) in [5.74, 6) is 0.739. The smallest absolute Gasteiger partial charge is 0.166 e. The topological polar surface area (TPSA) is 32.7 Å². The van der Waals surface area contributed by atoms with Crippen LogP contribution in [0, 0.1) is 0 Å². The number of fused-ring (bicyclic) bond motifs is 1. The molecule has 0 amide bonds. The zero-order valence-corrected chi connectivity index (χ0v) is 10.4. The number of hydrogen-bond donors (Lipinski definition) is 1. The summed E-state index contributed by atoms with van der Waals surface area (Å²) in [7, 11) is 5.59. The maximum absolute atomic E-state index is 10.1. The van der Waals surface area contributed by atoms with Crippen molar-refractivity contribution in [3.05, 3.63) is 35.4 Å².